The smallest absolute Gasteiger partial charge is 0.307 e. The van der Waals surface area contributed by atoms with Crippen LogP contribution in [0.3, 0.4) is 0 Å². The quantitative estimate of drug-likeness (QED) is 0.271. The van der Waals surface area contributed by atoms with Crippen LogP contribution in [-0.2, 0) is 22.6 Å². The topological polar surface area (TPSA) is 88.4 Å². The van der Waals surface area contributed by atoms with Gasteiger partial charge in [0.05, 0.1) is 23.1 Å². The summed E-state index contributed by atoms with van der Waals surface area (Å²) in [6.45, 7) is 4.68. The third kappa shape index (κ3) is 7.97. The molecule has 0 spiro atoms. The first kappa shape index (κ1) is 28.0. The van der Waals surface area contributed by atoms with Crippen LogP contribution in [0.4, 0.5) is 5.69 Å². The molecule has 1 saturated heterocycles. The average Bonchev–Trinajstić information content (AvgIpc) is 3.17. The summed E-state index contributed by atoms with van der Waals surface area (Å²) in [7, 11) is 1.69. The van der Waals surface area contributed by atoms with Gasteiger partial charge in [0.1, 0.15) is 18.1 Å². The summed E-state index contributed by atoms with van der Waals surface area (Å²) in [4.78, 5) is 30.3. The molecule has 1 heterocycles. The van der Waals surface area contributed by atoms with Gasteiger partial charge in [-0.15, -0.1) is 0 Å². The van der Waals surface area contributed by atoms with Gasteiger partial charge in [0.2, 0.25) is 0 Å². The standard InChI is InChI=1S/C31H32N2O5S/c1-4-5-21(2)38-27-16-10-24(11-17-27)20-37-26-14-8-22(9-15-26)18-28-30(36)33(3)31(39-28)32-25-12-6-23(7-13-25)19-29(34)35/h6-18,21H,4-5,19-20H2,1-3H3,(H,34,35)/b28-18-,32-31+. The number of hydrogen-bond donors (Lipinski definition) is 1. The molecule has 1 fully saturated rings. The van der Waals surface area contributed by atoms with Crippen molar-refractivity contribution in [2.24, 2.45) is 4.99 Å². The third-order valence-electron chi connectivity index (χ3n) is 6.06. The maximum absolute atomic E-state index is 12.8. The molecule has 3 aromatic rings. The normalized spacial score (nSPS) is 16.1. The molecule has 0 bridgehead atoms. The lowest BCUT2D eigenvalue weighted by Gasteiger charge is -2.14. The average molecular weight is 545 g/mol. The largest absolute Gasteiger partial charge is 0.491 e. The van der Waals surface area contributed by atoms with Gasteiger partial charge in [-0.25, -0.2) is 4.99 Å². The minimum atomic E-state index is -0.881. The van der Waals surface area contributed by atoms with E-state index < -0.39 is 5.97 Å². The first-order valence-electron chi connectivity index (χ1n) is 12.9. The van der Waals surface area contributed by atoms with Gasteiger partial charge in [-0.1, -0.05) is 49.7 Å². The Bertz CT molecular complexity index is 1350. The minimum Gasteiger partial charge on any atom is -0.491 e. The van der Waals surface area contributed by atoms with E-state index in [1.54, 1.807) is 31.3 Å². The Balaban J connectivity index is 1.34. The van der Waals surface area contributed by atoms with Crippen molar-refractivity contribution in [2.75, 3.05) is 7.05 Å². The second kappa shape index (κ2) is 13.2. The van der Waals surface area contributed by atoms with E-state index in [-0.39, 0.29) is 18.4 Å². The van der Waals surface area contributed by atoms with Crippen molar-refractivity contribution in [1.29, 1.82) is 0 Å². The number of benzene rings is 3. The molecular weight excluding hydrogens is 512 g/mol. The fraction of sp³-hybridized carbons (Fsp3) is 0.258. The second-order valence-corrected chi connectivity index (χ2v) is 10.3. The Kier molecular flexibility index (Phi) is 9.44. The summed E-state index contributed by atoms with van der Waals surface area (Å²) in [6.07, 6.45) is 4.12. The lowest BCUT2D eigenvalue weighted by molar-refractivity contribution is -0.136. The predicted octanol–water partition coefficient (Wildman–Crippen LogP) is 6.69. The highest BCUT2D eigenvalue weighted by Crippen LogP contribution is 2.33. The van der Waals surface area contributed by atoms with Crippen molar-refractivity contribution < 1.29 is 24.2 Å². The number of likely N-dealkylation sites (N-methyl/N-ethyl adjacent to an activating group) is 1. The second-order valence-electron chi connectivity index (χ2n) is 9.32. The van der Waals surface area contributed by atoms with Gasteiger partial charge in [-0.3, -0.25) is 14.5 Å². The molecule has 1 atom stereocenters. The zero-order valence-electron chi connectivity index (χ0n) is 22.3. The number of hydrogen-bond acceptors (Lipinski definition) is 6. The molecule has 1 N–H and O–H groups in total. The maximum Gasteiger partial charge on any atom is 0.307 e. The molecule has 0 radical (unpaired) electrons. The summed E-state index contributed by atoms with van der Waals surface area (Å²) in [6, 6.07) is 22.5. The highest BCUT2D eigenvalue weighted by molar-refractivity contribution is 8.18. The van der Waals surface area contributed by atoms with Crippen molar-refractivity contribution in [3.05, 3.63) is 94.4 Å². The number of carboxylic acid groups (broad SMARTS) is 1. The van der Waals surface area contributed by atoms with Crippen LogP contribution < -0.4 is 9.47 Å². The Morgan fingerprint density at radius 2 is 1.64 bits per heavy atom. The summed E-state index contributed by atoms with van der Waals surface area (Å²) in [5.41, 5.74) is 3.29. The van der Waals surface area contributed by atoms with E-state index in [4.69, 9.17) is 14.6 Å². The van der Waals surface area contributed by atoms with Crippen LogP contribution in [0, 0.1) is 0 Å². The number of rotatable bonds is 11. The lowest BCUT2D eigenvalue weighted by Crippen LogP contribution is -2.23. The summed E-state index contributed by atoms with van der Waals surface area (Å²) < 4.78 is 11.8. The Morgan fingerprint density at radius 1 is 1.00 bits per heavy atom. The fourth-order valence-corrected chi connectivity index (χ4v) is 4.95. The number of carboxylic acids is 1. The fourth-order valence-electron chi connectivity index (χ4n) is 3.97. The Hall–Kier alpha value is -4.04. The maximum atomic E-state index is 12.8. The molecule has 0 saturated carbocycles. The molecule has 1 amide bonds. The van der Waals surface area contributed by atoms with Crippen LogP contribution in [-0.4, -0.2) is 40.2 Å². The number of ether oxygens (including phenoxy) is 2. The van der Waals surface area contributed by atoms with Gasteiger partial charge in [0.15, 0.2) is 5.17 Å². The molecular formula is C31H32N2O5S. The van der Waals surface area contributed by atoms with Crippen LogP contribution >= 0.6 is 11.8 Å². The van der Waals surface area contributed by atoms with Crippen molar-refractivity contribution in [3.8, 4) is 11.5 Å². The first-order valence-corrected chi connectivity index (χ1v) is 13.7. The molecule has 8 heteroatoms. The van der Waals surface area contributed by atoms with Crippen molar-refractivity contribution in [2.45, 2.75) is 45.8 Å². The van der Waals surface area contributed by atoms with Crippen LogP contribution in [0.15, 0.2) is 82.7 Å². The van der Waals surface area contributed by atoms with Crippen LogP contribution in [0.25, 0.3) is 6.08 Å². The van der Waals surface area contributed by atoms with Crippen LogP contribution in [0.1, 0.15) is 43.4 Å². The molecule has 7 nitrogen and oxygen atoms in total. The van der Waals surface area contributed by atoms with Crippen molar-refractivity contribution in [3.63, 3.8) is 0 Å². The molecule has 0 aromatic heterocycles. The summed E-state index contributed by atoms with van der Waals surface area (Å²) in [5.74, 6) is 0.598. The zero-order valence-corrected chi connectivity index (χ0v) is 23.1. The van der Waals surface area contributed by atoms with E-state index in [1.807, 2.05) is 54.6 Å². The molecule has 0 aliphatic carbocycles. The highest BCUT2D eigenvalue weighted by atomic mass is 32.2. The predicted molar refractivity (Wildman–Crippen MR) is 155 cm³/mol. The van der Waals surface area contributed by atoms with E-state index in [1.165, 1.54) is 16.7 Å². The molecule has 39 heavy (non-hydrogen) atoms. The Morgan fingerprint density at radius 3 is 2.28 bits per heavy atom. The number of thioether (sulfide) groups is 1. The highest BCUT2D eigenvalue weighted by Gasteiger charge is 2.30. The minimum absolute atomic E-state index is 0.0399. The number of aliphatic imine (C=N–C) groups is 1. The van der Waals surface area contributed by atoms with E-state index >= 15 is 0 Å². The van der Waals surface area contributed by atoms with Gasteiger partial charge < -0.3 is 14.6 Å². The van der Waals surface area contributed by atoms with Crippen LogP contribution in [0.5, 0.6) is 11.5 Å². The van der Waals surface area contributed by atoms with E-state index in [0.29, 0.717) is 27.9 Å². The molecule has 3 aromatic carbocycles. The SMILES string of the molecule is CCCC(C)Oc1ccc(COc2ccc(/C=C3\S/C(=N/c4ccc(CC(=O)O)cc4)N(C)C3=O)cc2)cc1. The molecule has 1 aliphatic rings. The summed E-state index contributed by atoms with van der Waals surface area (Å²) in [5, 5.41) is 9.48. The van der Waals surface area contributed by atoms with Gasteiger partial charge >= 0.3 is 5.97 Å². The lowest BCUT2D eigenvalue weighted by atomic mass is 10.1. The number of carbonyl (C=O) groups excluding carboxylic acids is 1. The monoisotopic (exact) mass is 544 g/mol. The van der Waals surface area contributed by atoms with Gasteiger partial charge in [0.25, 0.3) is 5.91 Å². The number of amides is 1. The number of aliphatic carboxylic acids is 1. The van der Waals surface area contributed by atoms with Crippen molar-refractivity contribution >= 4 is 40.6 Å². The Labute approximate surface area is 233 Å². The molecule has 4 rings (SSSR count). The van der Waals surface area contributed by atoms with Gasteiger partial charge in [-0.05, 0) is 84.3 Å². The first-order chi connectivity index (χ1) is 18.8. The number of carbonyl (C=O) groups is 2. The summed E-state index contributed by atoms with van der Waals surface area (Å²) >= 11 is 1.30. The van der Waals surface area contributed by atoms with E-state index in [2.05, 4.69) is 18.8 Å². The van der Waals surface area contributed by atoms with Crippen LogP contribution in [0.2, 0.25) is 0 Å². The molecule has 202 valence electrons. The molecule has 1 aliphatic heterocycles. The number of amidine groups is 1. The molecule has 1 unspecified atom stereocenters. The third-order valence-corrected chi connectivity index (χ3v) is 7.12. The van der Waals surface area contributed by atoms with E-state index in [0.717, 1.165) is 35.5 Å². The van der Waals surface area contributed by atoms with Gasteiger partial charge in [-0.2, -0.15) is 0 Å². The van der Waals surface area contributed by atoms with Crippen molar-refractivity contribution in [1.82, 2.24) is 4.90 Å². The number of nitrogens with zero attached hydrogens (tertiary/aromatic N) is 2. The van der Waals surface area contributed by atoms with E-state index in [9.17, 15) is 9.59 Å². The zero-order chi connectivity index (χ0) is 27.8. The van der Waals surface area contributed by atoms with Gasteiger partial charge in [0, 0.05) is 7.05 Å².